The standard InChI is InChI=1S/C15H22N2O2/c1-11-9-13(17(2)3)7-6-12(11)10-16-15(18)14-5-4-8-19-14/h6-7,9,14H,4-5,8,10H2,1-3H3,(H,16,18)/t14-/m0/s1. The van der Waals surface area contributed by atoms with Gasteiger partial charge in [-0.1, -0.05) is 6.07 Å². The molecule has 1 aliphatic rings. The molecule has 1 fully saturated rings. The van der Waals surface area contributed by atoms with Crippen molar-refractivity contribution >= 4 is 11.6 Å². The molecule has 0 bridgehead atoms. The molecule has 1 heterocycles. The SMILES string of the molecule is Cc1cc(N(C)C)ccc1CNC(=O)[C@@H]1CCCO1. The van der Waals surface area contributed by atoms with Crippen LogP contribution in [0, 0.1) is 6.92 Å². The molecule has 4 heteroatoms. The zero-order valence-electron chi connectivity index (χ0n) is 11.9. The van der Waals surface area contributed by atoms with Crippen molar-refractivity contribution in [3.63, 3.8) is 0 Å². The second kappa shape index (κ2) is 6.06. The Labute approximate surface area is 114 Å². The predicted molar refractivity (Wildman–Crippen MR) is 76.3 cm³/mol. The summed E-state index contributed by atoms with van der Waals surface area (Å²) in [6.45, 7) is 3.34. The number of amides is 1. The van der Waals surface area contributed by atoms with Gasteiger partial charge >= 0.3 is 0 Å². The van der Waals surface area contributed by atoms with E-state index in [1.54, 1.807) is 0 Å². The fourth-order valence-corrected chi connectivity index (χ4v) is 2.24. The zero-order valence-corrected chi connectivity index (χ0v) is 11.9. The number of benzene rings is 1. The molecule has 0 spiro atoms. The summed E-state index contributed by atoms with van der Waals surface area (Å²) >= 11 is 0. The highest BCUT2D eigenvalue weighted by atomic mass is 16.5. The number of carbonyl (C=O) groups excluding carboxylic acids is 1. The van der Waals surface area contributed by atoms with E-state index in [2.05, 4.69) is 35.3 Å². The number of hydrogen-bond donors (Lipinski definition) is 1. The number of nitrogens with one attached hydrogen (secondary N) is 1. The quantitative estimate of drug-likeness (QED) is 0.900. The molecule has 1 amide bonds. The molecule has 19 heavy (non-hydrogen) atoms. The molecule has 1 aliphatic heterocycles. The Balaban J connectivity index is 1.94. The molecule has 0 radical (unpaired) electrons. The van der Waals surface area contributed by atoms with E-state index in [9.17, 15) is 4.79 Å². The van der Waals surface area contributed by atoms with E-state index in [-0.39, 0.29) is 12.0 Å². The highest BCUT2D eigenvalue weighted by Crippen LogP contribution is 2.17. The van der Waals surface area contributed by atoms with Gasteiger partial charge in [0.25, 0.3) is 0 Å². The van der Waals surface area contributed by atoms with Gasteiger partial charge in [0, 0.05) is 32.9 Å². The molecule has 1 N–H and O–H groups in total. The minimum atomic E-state index is -0.249. The van der Waals surface area contributed by atoms with Crippen molar-refractivity contribution in [1.82, 2.24) is 5.32 Å². The number of aryl methyl sites for hydroxylation is 1. The molecule has 1 aromatic carbocycles. The average molecular weight is 262 g/mol. The average Bonchev–Trinajstić information content (AvgIpc) is 2.90. The normalized spacial score (nSPS) is 18.4. The first-order valence-electron chi connectivity index (χ1n) is 6.74. The van der Waals surface area contributed by atoms with Gasteiger partial charge in [-0.2, -0.15) is 0 Å². The van der Waals surface area contributed by atoms with Crippen molar-refractivity contribution in [3.05, 3.63) is 29.3 Å². The molecular weight excluding hydrogens is 240 g/mol. The number of nitrogens with zero attached hydrogens (tertiary/aromatic N) is 1. The van der Waals surface area contributed by atoms with Crippen LogP contribution in [0.5, 0.6) is 0 Å². The maximum atomic E-state index is 11.9. The lowest BCUT2D eigenvalue weighted by atomic mass is 10.1. The minimum absolute atomic E-state index is 0.00795. The van der Waals surface area contributed by atoms with Crippen LogP contribution in [-0.4, -0.2) is 32.7 Å². The van der Waals surface area contributed by atoms with Crippen LogP contribution in [0.3, 0.4) is 0 Å². The van der Waals surface area contributed by atoms with Crippen LogP contribution in [0.1, 0.15) is 24.0 Å². The summed E-state index contributed by atoms with van der Waals surface area (Å²) in [7, 11) is 4.04. The van der Waals surface area contributed by atoms with E-state index >= 15 is 0 Å². The Morgan fingerprint density at radius 3 is 2.84 bits per heavy atom. The predicted octanol–water partition coefficient (Wildman–Crippen LogP) is 1.86. The summed E-state index contributed by atoms with van der Waals surface area (Å²) in [5.74, 6) is 0.00795. The zero-order chi connectivity index (χ0) is 13.8. The fraction of sp³-hybridized carbons (Fsp3) is 0.533. The van der Waals surface area contributed by atoms with Crippen LogP contribution in [0.25, 0.3) is 0 Å². The van der Waals surface area contributed by atoms with Gasteiger partial charge in [0.2, 0.25) is 5.91 Å². The molecule has 2 rings (SSSR count). The van der Waals surface area contributed by atoms with Crippen LogP contribution in [-0.2, 0) is 16.1 Å². The summed E-state index contributed by atoms with van der Waals surface area (Å²) in [6, 6.07) is 6.27. The lowest BCUT2D eigenvalue weighted by Gasteiger charge is -2.16. The van der Waals surface area contributed by atoms with Crippen LogP contribution >= 0.6 is 0 Å². The van der Waals surface area contributed by atoms with Gasteiger partial charge < -0.3 is 15.0 Å². The summed E-state index contributed by atoms with van der Waals surface area (Å²) in [6.07, 6.45) is 1.57. The van der Waals surface area contributed by atoms with E-state index in [1.165, 1.54) is 11.3 Å². The van der Waals surface area contributed by atoms with Gasteiger partial charge in [0.1, 0.15) is 6.10 Å². The van der Waals surface area contributed by atoms with Gasteiger partial charge in [-0.3, -0.25) is 4.79 Å². The first-order valence-corrected chi connectivity index (χ1v) is 6.74. The molecule has 0 unspecified atom stereocenters. The number of carbonyl (C=O) groups is 1. The number of anilines is 1. The van der Waals surface area contributed by atoms with Crippen molar-refractivity contribution in [2.45, 2.75) is 32.4 Å². The Kier molecular flexibility index (Phi) is 4.43. The van der Waals surface area contributed by atoms with Gasteiger partial charge in [-0.05, 0) is 43.0 Å². The third kappa shape index (κ3) is 3.47. The Hall–Kier alpha value is -1.55. The van der Waals surface area contributed by atoms with Gasteiger partial charge in [-0.15, -0.1) is 0 Å². The third-order valence-corrected chi connectivity index (χ3v) is 3.52. The lowest BCUT2D eigenvalue weighted by Crippen LogP contribution is -2.33. The van der Waals surface area contributed by atoms with Gasteiger partial charge in [0.05, 0.1) is 0 Å². The van der Waals surface area contributed by atoms with Crippen LogP contribution in [0.4, 0.5) is 5.69 Å². The van der Waals surface area contributed by atoms with Crippen LogP contribution < -0.4 is 10.2 Å². The van der Waals surface area contributed by atoms with Crippen LogP contribution in [0.15, 0.2) is 18.2 Å². The monoisotopic (exact) mass is 262 g/mol. The van der Waals surface area contributed by atoms with E-state index in [0.717, 1.165) is 18.4 Å². The highest BCUT2D eigenvalue weighted by Gasteiger charge is 2.23. The largest absolute Gasteiger partial charge is 0.378 e. The first kappa shape index (κ1) is 13.9. The summed E-state index contributed by atoms with van der Waals surface area (Å²) in [5.41, 5.74) is 3.52. The molecule has 1 atom stereocenters. The lowest BCUT2D eigenvalue weighted by molar-refractivity contribution is -0.130. The van der Waals surface area contributed by atoms with E-state index in [0.29, 0.717) is 13.2 Å². The Morgan fingerprint density at radius 1 is 1.47 bits per heavy atom. The molecule has 0 aromatic heterocycles. The third-order valence-electron chi connectivity index (χ3n) is 3.52. The summed E-state index contributed by atoms with van der Waals surface area (Å²) in [4.78, 5) is 13.9. The topological polar surface area (TPSA) is 41.6 Å². The first-order chi connectivity index (χ1) is 9.08. The summed E-state index contributed by atoms with van der Waals surface area (Å²) < 4.78 is 5.37. The van der Waals surface area contributed by atoms with Gasteiger partial charge in [0.15, 0.2) is 0 Å². The molecule has 0 aliphatic carbocycles. The van der Waals surface area contributed by atoms with Crippen molar-refractivity contribution in [2.75, 3.05) is 25.6 Å². The number of hydrogen-bond acceptors (Lipinski definition) is 3. The number of ether oxygens (including phenoxy) is 1. The second-order valence-corrected chi connectivity index (χ2v) is 5.22. The molecule has 104 valence electrons. The van der Waals surface area contributed by atoms with E-state index in [1.807, 2.05) is 14.1 Å². The van der Waals surface area contributed by atoms with Crippen LogP contribution in [0.2, 0.25) is 0 Å². The minimum Gasteiger partial charge on any atom is -0.378 e. The summed E-state index contributed by atoms with van der Waals surface area (Å²) in [5, 5.41) is 2.95. The van der Waals surface area contributed by atoms with Crippen molar-refractivity contribution < 1.29 is 9.53 Å². The Bertz CT molecular complexity index is 451. The van der Waals surface area contributed by atoms with E-state index < -0.39 is 0 Å². The second-order valence-electron chi connectivity index (χ2n) is 5.22. The van der Waals surface area contributed by atoms with Crippen molar-refractivity contribution in [2.24, 2.45) is 0 Å². The smallest absolute Gasteiger partial charge is 0.249 e. The molecule has 0 saturated carbocycles. The number of rotatable bonds is 4. The highest BCUT2D eigenvalue weighted by molar-refractivity contribution is 5.81. The molecule has 1 aromatic rings. The Morgan fingerprint density at radius 2 is 2.26 bits per heavy atom. The van der Waals surface area contributed by atoms with Crippen molar-refractivity contribution in [3.8, 4) is 0 Å². The van der Waals surface area contributed by atoms with Gasteiger partial charge in [-0.25, -0.2) is 0 Å². The fourth-order valence-electron chi connectivity index (χ4n) is 2.24. The van der Waals surface area contributed by atoms with Crippen molar-refractivity contribution in [1.29, 1.82) is 0 Å². The van der Waals surface area contributed by atoms with E-state index in [4.69, 9.17) is 4.74 Å². The molecular formula is C15H22N2O2. The molecule has 1 saturated heterocycles. The maximum absolute atomic E-state index is 11.9. The maximum Gasteiger partial charge on any atom is 0.249 e. The molecule has 4 nitrogen and oxygen atoms in total.